The second kappa shape index (κ2) is 9.24. The third-order valence-corrected chi connectivity index (χ3v) is 6.69. The van der Waals surface area contributed by atoms with Gasteiger partial charge in [-0.3, -0.25) is 4.79 Å². The number of hydrogen-bond donors (Lipinski definition) is 1. The molecule has 0 saturated carbocycles. The number of carbonyl (C=O) groups is 2. The van der Waals surface area contributed by atoms with Crippen LogP contribution in [0.3, 0.4) is 0 Å². The van der Waals surface area contributed by atoms with Crippen LogP contribution in [0.1, 0.15) is 48.3 Å². The van der Waals surface area contributed by atoms with Crippen molar-refractivity contribution in [1.29, 1.82) is 0 Å². The molecule has 0 bridgehead atoms. The lowest BCUT2D eigenvalue weighted by atomic mass is 9.71. The fourth-order valence-electron chi connectivity index (χ4n) is 4.90. The molecule has 184 valence electrons. The molecule has 1 heterocycles. The van der Waals surface area contributed by atoms with Gasteiger partial charge in [0.1, 0.15) is 0 Å². The second-order valence-corrected chi connectivity index (χ2v) is 9.11. The summed E-state index contributed by atoms with van der Waals surface area (Å²) in [4.78, 5) is 28.2. The molecule has 1 N–H and O–H groups in total. The largest absolute Gasteiger partial charge is 0.466 e. The molecule has 2 aromatic carbocycles. The zero-order valence-electron chi connectivity index (χ0n) is 20.0. The first-order chi connectivity index (χ1) is 16.5. The minimum atomic E-state index is -4.48. The van der Waals surface area contributed by atoms with Crippen LogP contribution in [-0.2, 0) is 20.5 Å². The van der Waals surface area contributed by atoms with Gasteiger partial charge >= 0.3 is 12.1 Å². The number of rotatable bonds is 4. The number of nitrogens with one attached hydrogen (secondary N) is 1. The van der Waals surface area contributed by atoms with Crippen LogP contribution in [0.25, 0.3) is 0 Å². The highest BCUT2D eigenvalue weighted by atomic mass is 19.4. The zero-order valence-corrected chi connectivity index (χ0v) is 20.0. The normalized spacial score (nSPS) is 20.4. The number of ketones is 1. The fraction of sp³-hybridized carbons (Fsp3) is 0.333. The average molecular weight is 485 g/mol. The lowest BCUT2D eigenvalue weighted by Gasteiger charge is -2.36. The monoisotopic (exact) mass is 484 g/mol. The number of halogens is 3. The summed E-state index contributed by atoms with van der Waals surface area (Å²) in [7, 11) is 5.15. The number of alkyl halides is 3. The Hall–Kier alpha value is -3.55. The van der Waals surface area contributed by atoms with E-state index in [-0.39, 0.29) is 23.7 Å². The van der Waals surface area contributed by atoms with E-state index in [4.69, 9.17) is 4.74 Å². The molecule has 4 rings (SSSR count). The number of Topliss-reactive ketones (excluding diaryl/α,β-unsaturated/α-hetero) is 1. The van der Waals surface area contributed by atoms with Crippen LogP contribution >= 0.6 is 0 Å². The van der Waals surface area contributed by atoms with Crippen molar-refractivity contribution >= 4 is 17.4 Å². The van der Waals surface area contributed by atoms with Crippen LogP contribution in [0.4, 0.5) is 18.9 Å². The van der Waals surface area contributed by atoms with E-state index in [1.54, 1.807) is 6.92 Å². The summed E-state index contributed by atoms with van der Waals surface area (Å²) in [6.45, 7) is 1.72. The molecule has 2 aromatic rings. The minimum Gasteiger partial charge on any atom is -0.466 e. The van der Waals surface area contributed by atoms with Crippen LogP contribution < -0.4 is 10.2 Å². The quantitative estimate of drug-likeness (QED) is 0.597. The summed E-state index contributed by atoms with van der Waals surface area (Å²) < 4.78 is 44.4. The molecule has 5 nitrogen and oxygen atoms in total. The standard InChI is InChI=1S/C27H27F3N2O3/c1-15-23(26(34)35-4)24(17-5-9-19(10-6-17)27(28,29)30)25-21(31-15)13-18(14-22(25)33)16-7-11-20(12-8-16)32(2)3/h5-12,18,24,31H,13-14H2,1-4H3/t18-,24-/m0/s1. The minimum absolute atomic E-state index is 0.0503. The number of anilines is 1. The number of hydrogen-bond acceptors (Lipinski definition) is 5. The summed E-state index contributed by atoms with van der Waals surface area (Å²) in [5.74, 6) is -1.61. The highest BCUT2D eigenvalue weighted by molar-refractivity contribution is 6.04. The molecule has 8 heteroatoms. The first-order valence-corrected chi connectivity index (χ1v) is 11.3. The summed E-state index contributed by atoms with van der Waals surface area (Å²) in [6, 6.07) is 12.6. The number of benzene rings is 2. The topological polar surface area (TPSA) is 58.6 Å². The van der Waals surface area contributed by atoms with Crippen LogP contribution in [0.5, 0.6) is 0 Å². The molecule has 2 aliphatic rings. The second-order valence-electron chi connectivity index (χ2n) is 9.11. The van der Waals surface area contributed by atoms with Crippen molar-refractivity contribution in [3.63, 3.8) is 0 Å². The molecule has 0 radical (unpaired) electrons. The van der Waals surface area contributed by atoms with Crippen LogP contribution in [0.2, 0.25) is 0 Å². The van der Waals surface area contributed by atoms with E-state index in [1.807, 2.05) is 43.3 Å². The molecule has 0 spiro atoms. The number of methoxy groups -OCH3 is 1. The summed E-state index contributed by atoms with van der Waals surface area (Å²) in [6.07, 6.45) is -3.69. The van der Waals surface area contributed by atoms with E-state index in [2.05, 4.69) is 5.32 Å². The molecule has 0 fully saturated rings. The van der Waals surface area contributed by atoms with Crippen molar-refractivity contribution in [2.24, 2.45) is 0 Å². The van der Waals surface area contributed by atoms with Gasteiger partial charge in [0.2, 0.25) is 0 Å². The predicted octanol–water partition coefficient (Wildman–Crippen LogP) is 5.31. The van der Waals surface area contributed by atoms with Crippen molar-refractivity contribution in [2.45, 2.75) is 37.8 Å². The van der Waals surface area contributed by atoms with E-state index in [0.717, 1.165) is 23.4 Å². The molecule has 0 amide bonds. The van der Waals surface area contributed by atoms with Gasteiger partial charge in [-0.15, -0.1) is 0 Å². The van der Waals surface area contributed by atoms with Crippen molar-refractivity contribution in [3.8, 4) is 0 Å². The maximum absolute atomic E-state index is 13.5. The van der Waals surface area contributed by atoms with Gasteiger partial charge < -0.3 is 15.0 Å². The van der Waals surface area contributed by atoms with Crippen LogP contribution in [-0.4, -0.2) is 33.0 Å². The van der Waals surface area contributed by atoms with Gasteiger partial charge in [-0.2, -0.15) is 13.2 Å². The van der Waals surface area contributed by atoms with Gasteiger partial charge in [-0.1, -0.05) is 24.3 Å². The van der Waals surface area contributed by atoms with Crippen molar-refractivity contribution in [2.75, 3.05) is 26.1 Å². The van der Waals surface area contributed by atoms with E-state index >= 15 is 0 Å². The molecule has 0 unspecified atom stereocenters. The third-order valence-electron chi connectivity index (χ3n) is 6.69. The molecule has 0 aromatic heterocycles. The lowest BCUT2D eigenvalue weighted by Crippen LogP contribution is -2.36. The summed E-state index contributed by atoms with van der Waals surface area (Å²) in [5.41, 5.74) is 3.59. The number of dihydropyridines is 1. The SMILES string of the molecule is COC(=O)C1=C(C)NC2=C(C(=O)C[C@@H](c3ccc(N(C)C)cc3)C2)[C@H]1c1ccc(C(F)(F)F)cc1. The molecule has 35 heavy (non-hydrogen) atoms. The number of nitrogens with zero attached hydrogens (tertiary/aromatic N) is 1. The molecule has 2 atom stereocenters. The van der Waals surface area contributed by atoms with Gasteiger partial charge in [0, 0.05) is 49.1 Å². The average Bonchev–Trinajstić information content (AvgIpc) is 2.82. The Morgan fingerprint density at radius 3 is 2.14 bits per heavy atom. The van der Waals surface area contributed by atoms with Crippen LogP contribution in [0, 0.1) is 0 Å². The molecule has 0 saturated heterocycles. The third kappa shape index (κ3) is 4.70. The Morgan fingerprint density at radius 1 is 1.00 bits per heavy atom. The number of esters is 1. The maximum Gasteiger partial charge on any atom is 0.416 e. The van der Waals surface area contributed by atoms with E-state index in [0.29, 0.717) is 29.0 Å². The highest BCUT2D eigenvalue weighted by Crippen LogP contribution is 2.46. The van der Waals surface area contributed by atoms with Gasteiger partial charge in [0.05, 0.1) is 18.2 Å². The molecular formula is C27H27F3N2O3. The highest BCUT2D eigenvalue weighted by Gasteiger charge is 2.41. The van der Waals surface area contributed by atoms with E-state index in [1.165, 1.54) is 19.2 Å². The first-order valence-electron chi connectivity index (χ1n) is 11.3. The molecular weight excluding hydrogens is 457 g/mol. The zero-order chi connectivity index (χ0) is 25.5. The lowest BCUT2D eigenvalue weighted by molar-refractivity contribution is -0.138. The van der Waals surface area contributed by atoms with Crippen LogP contribution in [0.15, 0.2) is 71.1 Å². The van der Waals surface area contributed by atoms with Gasteiger partial charge in [-0.05, 0) is 54.7 Å². The maximum atomic E-state index is 13.5. The Balaban J connectivity index is 1.75. The van der Waals surface area contributed by atoms with Crippen molar-refractivity contribution in [1.82, 2.24) is 5.32 Å². The molecule has 1 aliphatic heterocycles. The number of carbonyl (C=O) groups excluding carboxylic acids is 2. The Morgan fingerprint density at radius 2 is 1.60 bits per heavy atom. The fourth-order valence-corrected chi connectivity index (χ4v) is 4.90. The van der Waals surface area contributed by atoms with Gasteiger partial charge in [-0.25, -0.2) is 4.79 Å². The van der Waals surface area contributed by atoms with Gasteiger partial charge in [0.15, 0.2) is 5.78 Å². The van der Waals surface area contributed by atoms with Crippen molar-refractivity contribution < 1.29 is 27.5 Å². The predicted molar refractivity (Wildman–Crippen MR) is 127 cm³/mol. The Bertz CT molecular complexity index is 1210. The van der Waals surface area contributed by atoms with E-state index in [9.17, 15) is 22.8 Å². The van der Waals surface area contributed by atoms with E-state index < -0.39 is 23.6 Å². The Labute approximate surface area is 202 Å². The molecule has 1 aliphatic carbocycles. The smallest absolute Gasteiger partial charge is 0.416 e. The van der Waals surface area contributed by atoms with Gasteiger partial charge in [0.25, 0.3) is 0 Å². The van der Waals surface area contributed by atoms with Crippen molar-refractivity contribution in [3.05, 3.63) is 87.8 Å². The first kappa shape index (κ1) is 24.6. The summed E-state index contributed by atoms with van der Waals surface area (Å²) >= 11 is 0. The number of ether oxygens (including phenoxy) is 1. The number of allylic oxidation sites excluding steroid dienone is 3. The Kier molecular flexibility index (Phi) is 6.49. The summed E-state index contributed by atoms with van der Waals surface area (Å²) in [5, 5.41) is 3.23.